The van der Waals surface area contributed by atoms with Crippen molar-refractivity contribution in [2.75, 3.05) is 5.75 Å². The van der Waals surface area contributed by atoms with E-state index in [2.05, 4.69) is 6.92 Å². The largest absolute Gasteiger partial charge is 0.182 e. The number of hydrogen-bond acceptors (Lipinski definition) is 4. The van der Waals surface area contributed by atoms with Gasteiger partial charge in [0, 0.05) is 26.2 Å². The Morgan fingerprint density at radius 2 is 1.12 bits per heavy atom. The summed E-state index contributed by atoms with van der Waals surface area (Å²) in [5.74, 6) is 0.675. The van der Waals surface area contributed by atoms with Gasteiger partial charge in [0.1, 0.15) is 3.74 Å². The van der Waals surface area contributed by atoms with Crippen molar-refractivity contribution in [1.82, 2.24) is 0 Å². The Morgan fingerprint density at radius 3 is 1.52 bits per heavy atom. The average molecular weight is 503 g/mol. The van der Waals surface area contributed by atoms with Gasteiger partial charge in [-0.1, -0.05) is 121 Å². The van der Waals surface area contributed by atoms with Crippen molar-refractivity contribution in [2.24, 2.45) is 0 Å². The van der Waals surface area contributed by atoms with Crippen molar-refractivity contribution < 1.29 is 28.0 Å². The SMILES string of the molecule is CCCCCCCCCCCCCCCCCCS(O[Cl+3]([O-])([O-])[O-])(c1ccccc1)C1CC1. The van der Waals surface area contributed by atoms with Gasteiger partial charge in [-0.3, -0.25) is 0 Å². The van der Waals surface area contributed by atoms with Crippen LogP contribution in [0.4, 0.5) is 0 Å². The first-order chi connectivity index (χ1) is 16.0. The Balaban J connectivity index is 1.56. The molecule has 6 heteroatoms. The second kappa shape index (κ2) is 16.4. The number of halogens is 1. The third kappa shape index (κ3) is 12.3. The van der Waals surface area contributed by atoms with Crippen molar-refractivity contribution >= 4 is 10.3 Å². The molecule has 4 nitrogen and oxygen atoms in total. The van der Waals surface area contributed by atoms with E-state index in [1.54, 1.807) is 0 Å². The van der Waals surface area contributed by atoms with Crippen LogP contribution in [0.5, 0.6) is 0 Å². The normalized spacial score (nSPS) is 17.1. The zero-order chi connectivity index (χ0) is 23.8. The molecule has 0 N–H and O–H groups in total. The van der Waals surface area contributed by atoms with Crippen molar-refractivity contribution in [2.45, 2.75) is 133 Å². The van der Waals surface area contributed by atoms with Crippen LogP contribution in [-0.2, 0) is 3.74 Å². The Hall–Kier alpha value is -0.300. The fraction of sp³-hybridized carbons (Fsp3) is 0.778. The highest BCUT2D eigenvalue weighted by molar-refractivity contribution is 8.30. The molecule has 1 aliphatic rings. The minimum absolute atomic E-state index is 0.201. The van der Waals surface area contributed by atoms with Crippen molar-refractivity contribution in [3.8, 4) is 0 Å². The molecule has 0 bridgehead atoms. The molecule has 1 aromatic rings. The Morgan fingerprint density at radius 1 is 0.697 bits per heavy atom. The van der Waals surface area contributed by atoms with Crippen LogP contribution >= 0.6 is 10.3 Å². The quantitative estimate of drug-likeness (QED) is 0.190. The number of unbranched alkanes of at least 4 members (excludes halogenated alkanes) is 15. The van der Waals surface area contributed by atoms with Crippen LogP contribution in [0.1, 0.15) is 122 Å². The number of hydrogen-bond donors (Lipinski definition) is 0. The zero-order valence-electron chi connectivity index (χ0n) is 20.8. The van der Waals surface area contributed by atoms with Crippen molar-refractivity contribution in [3.05, 3.63) is 30.3 Å². The van der Waals surface area contributed by atoms with E-state index in [4.69, 9.17) is 3.74 Å². The van der Waals surface area contributed by atoms with E-state index in [0.29, 0.717) is 5.75 Å². The molecule has 33 heavy (non-hydrogen) atoms. The van der Waals surface area contributed by atoms with Gasteiger partial charge in [0.05, 0.1) is 10.2 Å². The standard InChI is InChI=1S/C27H47ClO4S/c1-2-3-4-5-6-7-8-9-10-11-12-13-14-15-16-20-25-33(27-23-24-27,32-28(29,30)31)26-21-18-17-19-22-26/h17-19,21-22,27H,2-16,20,23-25H2,1H3. The number of benzene rings is 1. The van der Waals surface area contributed by atoms with Gasteiger partial charge in [-0.15, -0.1) is 0 Å². The summed E-state index contributed by atoms with van der Waals surface area (Å²) in [7, 11) is -6.49. The molecule has 0 saturated heterocycles. The molecule has 1 saturated carbocycles. The minimum Gasteiger partial charge on any atom is -0.182 e. The van der Waals surface area contributed by atoms with Crippen LogP contribution in [0.15, 0.2) is 35.2 Å². The second-order valence-electron chi connectivity index (χ2n) is 9.69. The molecule has 2 rings (SSSR count). The predicted molar refractivity (Wildman–Crippen MR) is 131 cm³/mol. The van der Waals surface area contributed by atoms with E-state index in [-0.39, 0.29) is 5.25 Å². The van der Waals surface area contributed by atoms with E-state index in [1.165, 1.54) is 89.9 Å². The highest BCUT2D eigenvalue weighted by atomic mass is 35.7. The van der Waals surface area contributed by atoms with Crippen LogP contribution in [0.2, 0.25) is 0 Å². The lowest BCUT2D eigenvalue weighted by Gasteiger charge is -2.34. The van der Waals surface area contributed by atoms with Crippen molar-refractivity contribution in [3.63, 3.8) is 0 Å². The van der Waals surface area contributed by atoms with Crippen LogP contribution in [-0.4, -0.2) is 11.0 Å². The van der Waals surface area contributed by atoms with Gasteiger partial charge in [0.25, 0.3) is 0 Å². The molecule has 0 heterocycles. The smallest absolute Gasteiger partial charge is 0.126 e. The summed E-state index contributed by atoms with van der Waals surface area (Å²) >= 11 is 0. The molecule has 0 radical (unpaired) electrons. The molecule has 1 atom stereocenters. The third-order valence-corrected chi connectivity index (χ3v) is 11.7. The van der Waals surface area contributed by atoms with Gasteiger partial charge in [0.2, 0.25) is 0 Å². The molecule has 0 aromatic heterocycles. The summed E-state index contributed by atoms with van der Waals surface area (Å²) in [5, 5.41) is 0.201. The van der Waals surface area contributed by atoms with Crippen LogP contribution in [0.25, 0.3) is 0 Å². The Labute approximate surface area is 206 Å². The summed E-state index contributed by atoms with van der Waals surface area (Å²) in [5.41, 5.74) is 0. The zero-order valence-corrected chi connectivity index (χ0v) is 22.4. The average Bonchev–Trinajstić information content (AvgIpc) is 3.64. The maximum Gasteiger partial charge on any atom is 0.126 e. The Kier molecular flexibility index (Phi) is 14.4. The molecule has 192 valence electrons. The molecule has 0 aliphatic heterocycles. The summed E-state index contributed by atoms with van der Waals surface area (Å²) in [6.45, 7) is 2.27. The molecule has 1 aromatic carbocycles. The van der Waals surface area contributed by atoms with E-state index >= 15 is 0 Å². The lowest BCUT2D eigenvalue weighted by Crippen LogP contribution is -2.61. The first-order valence-corrected chi connectivity index (χ1v) is 16.5. The first-order valence-electron chi connectivity index (χ1n) is 13.4. The van der Waals surface area contributed by atoms with Gasteiger partial charge < -0.3 is 0 Å². The fourth-order valence-electron chi connectivity index (χ4n) is 4.70. The summed E-state index contributed by atoms with van der Waals surface area (Å²) in [4.78, 5) is 0.903. The molecule has 1 fully saturated rings. The topological polar surface area (TPSA) is 78.4 Å². The highest BCUT2D eigenvalue weighted by Crippen LogP contribution is 2.69. The van der Waals surface area contributed by atoms with Crippen molar-refractivity contribution in [1.29, 1.82) is 0 Å². The first kappa shape index (κ1) is 28.9. The van der Waals surface area contributed by atoms with E-state index in [9.17, 15) is 14.0 Å². The van der Waals surface area contributed by atoms with Gasteiger partial charge >= 0.3 is 0 Å². The lowest BCUT2D eigenvalue weighted by molar-refractivity contribution is -1.91. The highest BCUT2D eigenvalue weighted by Gasteiger charge is 2.53. The third-order valence-electron chi connectivity index (χ3n) is 6.70. The molecular weight excluding hydrogens is 456 g/mol. The van der Waals surface area contributed by atoms with Gasteiger partial charge in [0.15, 0.2) is 0 Å². The monoisotopic (exact) mass is 502 g/mol. The molecule has 0 amide bonds. The molecule has 1 unspecified atom stereocenters. The maximum atomic E-state index is 11.5. The van der Waals surface area contributed by atoms with Gasteiger partial charge in [-0.2, -0.15) is 14.0 Å². The lowest BCUT2D eigenvalue weighted by atomic mass is 10.0. The molecular formula is C27H47ClO4S. The van der Waals surface area contributed by atoms with E-state index in [0.717, 1.165) is 30.6 Å². The van der Waals surface area contributed by atoms with E-state index in [1.807, 2.05) is 30.3 Å². The molecule has 1 aliphatic carbocycles. The summed E-state index contributed by atoms with van der Waals surface area (Å²) in [6, 6.07) is 9.59. The summed E-state index contributed by atoms with van der Waals surface area (Å²) < 4.78 is 40.0. The Bertz CT molecular complexity index is 606. The van der Waals surface area contributed by atoms with Crippen LogP contribution < -0.4 is 14.0 Å². The van der Waals surface area contributed by atoms with E-state index < -0.39 is 20.6 Å². The summed E-state index contributed by atoms with van der Waals surface area (Å²) in [6.07, 6.45) is 22.8. The second-order valence-corrected chi connectivity index (χ2v) is 13.9. The minimum atomic E-state index is -4.42. The van der Waals surface area contributed by atoms with Gasteiger partial charge in [-0.05, 0) is 31.4 Å². The fourth-order valence-corrected chi connectivity index (χ4v) is 9.86. The van der Waals surface area contributed by atoms with Crippen LogP contribution in [0, 0.1) is 10.2 Å². The number of rotatable bonds is 21. The van der Waals surface area contributed by atoms with Crippen LogP contribution in [0.3, 0.4) is 0 Å². The maximum absolute atomic E-state index is 11.5. The molecule has 0 spiro atoms. The predicted octanol–water partition coefficient (Wildman–Crippen LogP) is 6.10. The van der Waals surface area contributed by atoms with Gasteiger partial charge in [-0.25, -0.2) is 0 Å².